The van der Waals surface area contributed by atoms with Crippen LogP contribution in [0.2, 0.25) is 0 Å². The minimum absolute atomic E-state index is 0.00103. The summed E-state index contributed by atoms with van der Waals surface area (Å²) < 4.78 is 5.19. The first-order chi connectivity index (χ1) is 14.6. The first kappa shape index (κ1) is 21.5. The SMILES string of the molecule is CCOC(=O)c1c(N)sc(C(=O)NC)c1C[NH2+]C(c1ccccc1)c1ccccc1. The molecule has 1 heterocycles. The van der Waals surface area contributed by atoms with Gasteiger partial charge in [0, 0.05) is 23.7 Å². The predicted octanol–water partition coefficient (Wildman–Crippen LogP) is 2.72. The van der Waals surface area contributed by atoms with E-state index >= 15 is 0 Å². The standard InChI is InChI=1S/C23H25N3O3S/c1-3-29-23(28)18-17(20(22(27)25-2)30-21(18)24)14-26-19(15-10-6-4-7-11-15)16-12-8-5-9-13-16/h4-13,19,26H,3,14,24H2,1-2H3,(H,25,27)/p+1. The molecule has 5 N–H and O–H groups in total. The van der Waals surface area contributed by atoms with Gasteiger partial charge in [0.05, 0.1) is 6.61 Å². The van der Waals surface area contributed by atoms with Crippen molar-refractivity contribution in [3.05, 3.63) is 87.8 Å². The molecule has 0 fully saturated rings. The number of carbonyl (C=O) groups is 2. The van der Waals surface area contributed by atoms with Crippen LogP contribution >= 0.6 is 11.3 Å². The van der Waals surface area contributed by atoms with Gasteiger partial charge in [0.15, 0.2) is 0 Å². The zero-order valence-corrected chi connectivity index (χ0v) is 17.9. The Labute approximate surface area is 180 Å². The second-order valence-electron chi connectivity index (χ2n) is 6.69. The molecule has 156 valence electrons. The maximum Gasteiger partial charge on any atom is 0.341 e. The van der Waals surface area contributed by atoms with E-state index in [9.17, 15) is 9.59 Å². The molecular formula is C23H26N3O3S+. The summed E-state index contributed by atoms with van der Waals surface area (Å²) in [6, 6.07) is 20.3. The molecule has 0 atom stereocenters. The van der Waals surface area contributed by atoms with Crippen LogP contribution in [-0.4, -0.2) is 25.5 Å². The number of rotatable bonds is 8. The van der Waals surface area contributed by atoms with Crippen molar-refractivity contribution in [2.75, 3.05) is 19.4 Å². The van der Waals surface area contributed by atoms with Crippen molar-refractivity contribution in [2.45, 2.75) is 19.5 Å². The molecule has 7 heteroatoms. The van der Waals surface area contributed by atoms with E-state index < -0.39 is 5.97 Å². The molecule has 3 rings (SSSR count). The summed E-state index contributed by atoms with van der Waals surface area (Å²) in [5, 5.41) is 5.04. The van der Waals surface area contributed by atoms with Gasteiger partial charge in [-0.1, -0.05) is 60.7 Å². The van der Waals surface area contributed by atoms with Crippen LogP contribution in [0.1, 0.15) is 49.7 Å². The highest BCUT2D eigenvalue weighted by Gasteiger charge is 2.29. The average molecular weight is 425 g/mol. The van der Waals surface area contributed by atoms with Crippen LogP contribution in [0.25, 0.3) is 0 Å². The Balaban J connectivity index is 1.99. The third-order valence-corrected chi connectivity index (χ3v) is 5.88. The Morgan fingerprint density at radius 2 is 1.63 bits per heavy atom. The Kier molecular flexibility index (Phi) is 7.21. The van der Waals surface area contributed by atoms with Crippen molar-refractivity contribution in [1.29, 1.82) is 0 Å². The van der Waals surface area contributed by atoms with Crippen LogP contribution in [0.15, 0.2) is 60.7 Å². The molecule has 0 saturated carbocycles. The normalized spacial score (nSPS) is 10.8. The highest BCUT2D eigenvalue weighted by atomic mass is 32.1. The lowest BCUT2D eigenvalue weighted by atomic mass is 9.98. The van der Waals surface area contributed by atoms with Crippen molar-refractivity contribution in [3.8, 4) is 0 Å². The minimum atomic E-state index is -0.499. The van der Waals surface area contributed by atoms with Crippen molar-refractivity contribution in [1.82, 2.24) is 5.32 Å². The molecule has 3 aromatic rings. The van der Waals surface area contributed by atoms with Gasteiger partial charge in [-0.05, 0) is 6.92 Å². The van der Waals surface area contributed by atoms with Crippen LogP contribution in [0.5, 0.6) is 0 Å². The van der Waals surface area contributed by atoms with Gasteiger partial charge in [0.2, 0.25) is 0 Å². The van der Waals surface area contributed by atoms with Crippen LogP contribution in [0.4, 0.5) is 5.00 Å². The van der Waals surface area contributed by atoms with E-state index in [1.54, 1.807) is 14.0 Å². The lowest BCUT2D eigenvalue weighted by Crippen LogP contribution is -2.84. The molecule has 0 aliphatic carbocycles. The fraction of sp³-hybridized carbons (Fsp3) is 0.217. The summed E-state index contributed by atoms with van der Waals surface area (Å²) in [5.74, 6) is -0.762. The van der Waals surface area contributed by atoms with Crippen LogP contribution in [0.3, 0.4) is 0 Å². The first-order valence-electron chi connectivity index (χ1n) is 9.80. The fourth-order valence-corrected chi connectivity index (χ4v) is 4.46. The number of hydrogen-bond donors (Lipinski definition) is 3. The molecule has 1 aromatic heterocycles. The Hall–Kier alpha value is -3.16. The van der Waals surface area contributed by atoms with E-state index in [0.29, 0.717) is 22.0 Å². The number of esters is 1. The number of hydrogen-bond acceptors (Lipinski definition) is 5. The van der Waals surface area contributed by atoms with E-state index in [-0.39, 0.29) is 24.1 Å². The second-order valence-corrected chi connectivity index (χ2v) is 7.74. The van der Waals surface area contributed by atoms with E-state index in [4.69, 9.17) is 10.5 Å². The van der Waals surface area contributed by atoms with Crippen molar-refractivity contribution >= 4 is 28.2 Å². The lowest BCUT2D eigenvalue weighted by molar-refractivity contribution is -0.702. The topological polar surface area (TPSA) is 98.0 Å². The number of thiophene rings is 1. The molecule has 0 aliphatic heterocycles. The maximum absolute atomic E-state index is 12.6. The Morgan fingerprint density at radius 1 is 1.07 bits per heavy atom. The molecular weight excluding hydrogens is 398 g/mol. The van der Waals surface area contributed by atoms with E-state index in [1.807, 2.05) is 36.4 Å². The van der Waals surface area contributed by atoms with Gasteiger partial charge in [0.25, 0.3) is 5.91 Å². The molecule has 1 amide bonds. The highest BCUT2D eigenvalue weighted by molar-refractivity contribution is 7.18. The number of carbonyl (C=O) groups excluding carboxylic acids is 2. The molecule has 0 spiro atoms. The number of nitrogens with one attached hydrogen (secondary N) is 1. The van der Waals surface area contributed by atoms with Crippen molar-refractivity contribution in [3.63, 3.8) is 0 Å². The number of ether oxygens (including phenoxy) is 1. The van der Waals surface area contributed by atoms with Crippen molar-refractivity contribution in [2.24, 2.45) is 0 Å². The summed E-state index contributed by atoms with van der Waals surface area (Å²) in [5.41, 5.74) is 9.27. The zero-order valence-electron chi connectivity index (χ0n) is 17.1. The van der Waals surface area contributed by atoms with Crippen LogP contribution < -0.4 is 16.4 Å². The van der Waals surface area contributed by atoms with Crippen LogP contribution in [-0.2, 0) is 11.3 Å². The molecule has 0 bridgehead atoms. The molecule has 6 nitrogen and oxygen atoms in total. The molecule has 0 radical (unpaired) electrons. The smallest absolute Gasteiger partial charge is 0.341 e. The number of nitrogens with two attached hydrogens (primary N) is 2. The molecule has 30 heavy (non-hydrogen) atoms. The summed E-state index contributed by atoms with van der Waals surface area (Å²) in [4.78, 5) is 25.4. The van der Waals surface area contributed by atoms with E-state index in [1.165, 1.54) is 0 Å². The number of quaternary nitrogens is 1. The van der Waals surface area contributed by atoms with E-state index in [0.717, 1.165) is 22.5 Å². The molecule has 0 saturated heterocycles. The number of amides is 1. The van der Waals surface area contributed by atoms with Gasteiger partial charge < -0.3 is 21.1 Å². The van der Waals surface area contributed by atoms with Gasteiger partial charge in [-0.3, -0.25) is 4.79 Å². The minimum Gasteiger partial charge on any atom is -0.462 e. The van der Waals surface area contributed by atoms with Gasteiger partial charge in [-0.15, -0.1) is 11.3 Å². The number of anilines is 1. The molecule has 2 aromatic carbocycles. The monoisotopic (exact) mass is 424 g/mol. The summed E-state index contributed by atoms with van der Waals surface area (Å²) in [6.45, 7) is 2.38. The van der Waals surface area contributed by atoms with Crippen LogP contribution in [0, 0.1) is 0 Å². The third-order valence-electron chi connectivity index (χ3n) is 4.82. The number of nitrogen functional groups attached to an aromatic ring is 1. The van der Waals surface area contributed by atoms with Gasteiger partial charge in [-0.25, -0.2) is 4.79 Å². The zero-order chi connectivity index (χ0) is 21.5. The first-order valence-corrected chi connectivity index (χ1v) is 10.6. The van der Waals surface area contributed by atoms with Gasteiger partial charge in [0.1, 0.15) is 28.0 Å². The highest BCUT2D eigenvalue weighted by Crippen LogP contribution is 2.31. The molecule has 0 aliphatic rings. The Morgan fingerprint density at radius 3 is 2.13 bits per heavy atom. The van der Waals surface area contributed by atoms with Gasteiger partial charge >= 0.3 is 5.97 Å². The summed E-state index contributed by atoms with van der Waals surface area (Å²) >= 11 is 1.12. The number of benzene rings is 2. The third kappa shape index (κ3) is 4.69. The molecule has 0 unspecified atom stereocenters. The fourth-order valence-electron chi connectivity index (χ4n) is 3.42. The average Bonchev–Trinajstić information content (AvgIpc) is 3.11. The lowest BCUT2D eigenvalue weighted by Gasteiger charge is -2.17. The maximum atomic E-state index is 12.6. The van der Waals surface area contributed by atoms with Crippen molar-refractivity contribution < 1.29 is 19.6 Å². The predicted molar refractivity (Wildman–Crippen MR) is 118 cm³/mol. The quantitative estimate of drug-likeness (QED) is 0.484. The largest absolute Gasteiger partial charge is 0.462 e. The van der Waals surface area contributed by atoms with E-state index in [2.05, 4.69) is 34.9 Å². The van der Waals surface area contributed by atoms with Gasteiger partial charge in [-0.2, -0.15) is 0 Å². The second kappa shape index (κ2) is 10.0. The summed E-state index contributed by atoms with van der Waals surface area (Å²) in [6.07, 6.45) is 0. The Bertz CT molecular complexity index is 964. The summed E-state index contributed by atoms with van der Waals surface area (Å²) in [7, 11) is 1.56.